The van der Waals surface area contributed by atoms with E-state index in [2.05, 4.69) is 5.32 Å². The SMILES string of the molecule is O=C1OC(C(=O)NCCCO)Cc2ccccc21. The van der Waals surface area contributed by atoms with Crippen LogP contribution in [0.3, 0.4) is 0 Å². The predicted octanol–water partition coefficient (Wildman–Crippen LogP) is 0.267. The average Bonchev–Trinajstić information content (AvgIpc) is 2.39. The molecule has 1 aromatic rings. The second-order valence-corrected chi connectivity index (χ2v) is 4.12. The number of amides is 1. The van der Waals surface area contributed by atoms with Gasteiger partial charge in [-0.3, -0.25) is 4.79 Å². The second kappa shape index (κ2) is 5.64. The Balaban J connectivity index is 2.02. The van der Waals surface area contributed by atoms with Gasteiger partial charge in [0, 0.05) is 19.6 Å². The van der Waals surface area contributed by atoms with Crippen molar-refractivity contribution in [3.8, 4) is 0 Å². The van der Waals surface area contributed by atoms with Gasteiger partial charge in [-0.15, -0.1) is 0 Å². The van der Waals surface area contributed by atoms with E-state index in [1.54, 1.807) is 12.1 Å². The zero-order valence-corrected chi connectivity index (χ0v) is 9.89. The van der Waals surface area contributed by atoms with Gasteiger partial charge < -0.3 is 15.2 Å². The second-order valence-electron chi connectivity index (χ2n) is 4.12. The summed E-state index contributed by atoms with van der Waals surface area (Å²) in [7, 11) is 0. The predicted molar refractivity (Wildman–Crippen MR) is 64.1 cm³/mol. The Bertz CT molecular complexity index is 458. The molecule has 0 aromatic heterocycles. The fourth-order valence-electron chi connectivity index (χ4n) is 1.88. The molecule has 0 aliphatic carbocycles. The first-order chi connectivity index (χ1) is 8.72. The van der Waals surface area contributed by atoms with Gasteiger partial charge >= 0.3 is 5.97 Å². The van der Waals surface area contributed by atoms with Crippen molar-refractivity contribution >= 4 is 11.9 Å². The number of nitrogens with one attached hydrogen (secondary N) is 1. The molecule has 5 heteroatoms. The van der Waals surface area contributed by atoms with Crippen LogP contribution in [0.15, 0.2) is 24.3 Å². The van der Waals surface area contributed by atoms with E-state index < -0.39 is 12.1 Å². The summed E-state index contributed by atoms with van der Waals surface area (Å²) in [6, 6.07) is 7.11. The molecule has 18 heavy (non-hydrogen) atoms. The quantitative estimate of drug-likeness (QED) is 0.593. The molecule has 1 aromatic carbocycles. The Hall–Kier alpha value is -1.88. The summed E-state index contributed by atoms with van der Waals surface area (Å²) in [5.41, 5.74) is 1.35. The molecule has 2 N–H and O–H groups in total. The molecule has 1 aliphatic heterocycles. The number of fused-ring (bicyclic) bond motifs is 1. The molecule has 96 valence electrons. The van der Waals surface area contributed by atoms with Crippen molar-refractivity contribution in [1.82, 2.24) is 5.32 Å². The van der Waals surface area contributed by atoms with Gasteiger partial charge in [0.2, 0.25) is 0 Å². The van der Waals surface area contributed by atoms with Crippen molar-refractivity contribution in [2.75, 3.05) is 13.2 Å². The van der Waals surface area contributed by atoms with Crippen molar-refractivity contribution < 1.29 is 19.4 Å². The monoisotopic (exact) mass is 249 g/mol. The van der Waals surface area contributed by atoms with Gasteiger partial charge in [0.15, 0.2) is 6.10 Å². The summed E-state index contributed by atoms with van der Waals surface area (Å²) >= 11 is 0. The average molecular weight is 249 g/mol. The van der Waals surface area contributed by atoms with Gasteiger partial charge in [-0.1, -0.05) is 18.2 Å². The first-order valence-corrected chi connectivity index (χ1v) is 5.90. The molecule has 1 unspecified atom stereocenters. The first-order valence-electron chi connectivity index (χ1n) is 5.90. The van der Waals surface area contributed by atoms with Crippen LogP contribution in [0.2, 0.25) is 0 Å². The molecule has 1 atom stereocenters. The van der Waals surface area contributed by atoms with Crippen molar-refractivity contribution in [1.29, 1.82) is 0 Å². The molecular weight excluding hydrogens is 234 g/mol. The zero-order chi connectivity index (χ0) is 13.0. The van der Waals surface area contributed by atoms with Crippen LogP contribution in [-0.4, -0.2) is 36.2 Å². The lowest BCUT2D eigenvalue weighted by Crippen LogP contribution is -2.42. The van der Waals surface area contributed by atoms with Gasteiger partial charge in [-0.25, -0.2) is 4.79 Å². The first kappa shape index (κ1) is 12.6. The third kappa shape index (κ3) is 2.68. The number of aliphatic hydroxyl groups is 1. The van der Waals surface area contributed by atoms with Gasteiger partial charge in [0.1, 0.15) is 0 Å². The standard InChI is InChI=1S/C13H15NO4/c15-7-3-6-14-12(16)11-8-9-4-1-2-5-10(9)13(17)18-11/h1-2,4-5,11,15H,3,6-8H2,(H,14,16). The third-order valence-electron chi connectivity index (χ3n) is 2.82. The maximum Gasteiger partial charge on any atom is 0.339 e. The van der Waals surface area contributed by atoms with E-state index >= 15 is 0 Å². The molecule has 0 fully saturated rings. The lowest BCUT2D eigenvalue weighted by atomic mass is 9.98. The van der Waals surface area contributed by atoms with Crippen LogP contribution in [0.4, 0.5) is 0 Å². The van der Waals surface area contributed by atoms with Gasteiger partial charge in [-0.2, -0.15) is 0 Å². The number of carbonyl (C=O) groups is 2. The number of cyclic esters (lactones) is 1. The maximum atomic E-state index is 11.8. The van der Waals surface area contributed by atoms with E-state index in [9.17, 15) is 9.59 Å². The fourth-order valence-corrected chi connectivity index (χ4v) is 1.88. The highest BCUT2D eigenvalue weighted by molar-refractivity contribution is 5.95. The molecule has 0 bridgehead atoms. The molecular formula is C13H15NO4. The Morgan fingerprint density at radius 2 is 2.22 bits per heavy atom. The van der Waals surface area contributed by atoms with Crippen molar-refractivity contribution in [3.05, 3.63) is 35.4 Å². The highest BCUT2D eigenvalue weighted by Gasteiger charge is 2.30. The van der Waals surface area contributed by atoms with Crippen molar-refractivity contribution in [2.45, 2.75) is 18.9 Å². The highest BCUT2D eigenvalue weighted by Crippen LogP contribution is 2.20. The molecule has 1 amide bonds. The van der Waals surface area contributed by atoms with E-state index in [0.29, 0.717) is 24.9 Å². The van der Waals surface area contributed by atoms with Crippen LogP contribution < -0.4 is 5.32 Å². The molecule has 0 spiro atoms. The van der Waals surface area contributed by atoms with Crippen LogP contribution in [-0.2, 0) is 16.0 Å². The molecule has 0 saturated heterocycles. The van der Waals surface area contributed by atoms with Crippen LogP contribution in [0.1, 0.15) is 22.3 Å². The lowest BCUT2D eigenvalue weighted by molar-refractivity contribution is -0.130. The summed E-state index contributed by atoms with van der Waals surface area (Å²) in [5, 5.41) is 11.3. The molecule has 0 saturated carbocycles. The molecule has 1 heterocycles. The minimum atomic E-state index is -0.772. The smallest absolute Gasteiger partial charge is 0.339 e. The van der Waals surface area contributed by atoms with E-state index in [-0.39, 0.29) is 12.5 Å². The van der Waals surface area contributed by atoms with Gasteiger partial charge in [0.25, 0.3) is 5.91 Å². The number of ether oxygens (including phenoxy) is 1. The topological polar surface area (TPSA) is 75.6 Å². The number of rotatable bonds is 4. The van der Waals surface area contributed by atoms with Crippen molar-refractivity contribution in [3.63, 3.8) is 0 Å². The molecule has 2 rings (SSSR count). The Morgan fingerprint density at radius 1 is 1.44 bits per heavy atom. The Morgan fingerprint density at radius 3 is 3.00 bits per heavy atom. The number of hydrogen-bond acceptors (Lipinski definition) is 4. The Kier molecular flexibility index (Phi) is 3.94. The third-order valence-corrected chi connectivity index (χ3v) is 2.82. The van der Waals surface area contributed by atoms with Crippen LogP contribution in [0.25, 0.3) is 0 Å². The summed E-state index contributed by atoms with van der Waals surface area (Å²) < 4.78 is 5.09. The molecule has 0 radical (unpaired) electrons. The number of benzene rings is 1. The summed E-state index contributed by atoms with van der Waals surface area (Å²) in [6.07, 6.45) is 0.113. The fraction of sp³-hybridized carbons (Fsp3) is 0.385. The summed E-state index contributed by atoms with van der Waals surface area (Å²) in [4.78, 5) is 23.4. The number of esters is 1. The lowest BCUT2D eigenvalue weighted by Gasteiger charge is -2.23. The normalized spacial score (nSPS) is 17.8. The zero-order valence-electron chi connectivity index (χ0n) is 9.89. The Labute approximate surface area is 105 Å². The summed E-state index contributed by atoms with van der Waals surface area (Å²) in [5.74, 6) is -0.773. The van der Waals surface area contributed by atoms with Crippen LogP contribution in [0, 0.1) is 0 Å². The summed E-state index contributed by atoms with van der Waals surface area (Å²) in [6.45, 7) is 0.401. The van der Waals surface area contributed by atoms with Gasteiger partial charge in [-0.05, 0) is 18.1 Å². The van der Waals surface area contributed by atoms with Crippen LogP contribution in [0.5, 0.6) is 0 Å². The number of hydrogen-bond donors (Lipinski definition) is 2. The number of aliphatic hydroxyl groups excluding tert-OH is 1. The number of carbonyl (C=O) groups excluding carboxylic acids is 2. The maximum absolute atomic E-state index is 11.8. The largest absolute Gasteiger partial charge is 0.448 e. The van der Waals surface area contributed by atoms with E-state index in [1.807, 2.05) is 12.1 Å². The van der Waals surface area contributed by atoms with E-state index in [0.717, 1.165) is 5.56 Å². The van der Waals surface area contributed by atoms with E-state index in [4.69, 9.17) is 9.84 Å². The van der Waals surface area contributed by atoms with Crippen LogP contribution >= 0.6 is 0 Å². The highest BCUT2D eigenvalue weighted by atomic mass is 16.5. The van der Waals surface area contributed by atoms with Crippen molar-refractivity contribution in [2.24, 2.45) is 0 Å². The minimum Gasteiger partial charge on any atom is -0.448 e. The van der Waals surface area contributed by atoms with E-state index in [1.165, 1.54) is 0 Å². The minimum absolute atomic E-state index is 0.0214. The molecule has 1 aliphatic rings. The molecule has 5 nitrogen and oxygen atoms in total. The van der Waals surface area contributed by atoms with Gasteiger partial charge in [0.05, 0.1) is 5.56 Å².